The van der Waals surface area contributed by atoms with Crippen LogP contribution in [0, 0.1) is 10.1 Å². The third kappa shape index (κ3) is 2.99. The molecule has 0 unspecified atom stereocenters. The van der Waals surface area contributed by atoms with Gasteiger partial charge in [0.2, 0.25) is 5.82 Å². The molecule has 4 aromatic rings. The summed E-state index contributed by atoms with van der Waals surface area (Å²) in [5.41, 5.74) is 0.856. The molecule has 3 heterocycles. The van der Waals surface area contributed by atoms with E-state index in [9.17, 15) is 10.1 Å². The Hall–Kier alpha value is -3.40. The van der Waals surface area contributed by atoms with Gasteiger partial charge in [0.15, 0.2) is 0 Å². The Morgan fingerprint density at radius 1 is 1.37 bits per heavy atom. The molecule has 1 atom stereocenters. The summed E-state index contributed by atoms with van der Waals surface area (Å²) in [6.07, 6.45) is 5.15. The van der Waals surface area contributed by atoms with Crippen LogP contribution < -0.4 is 10.1 Å². The Morgan fingerprint density at radius 3 is 2.93 bits per heavy atom. The SMILES string of the molecule is COc1cccc([C@H](Nc2nc3sccn3c2[N+](=O)[O-])c2nccn2C)c1. The first-order valence-electron chi connectivity index (χ1n) is 8.06. The van der Waals surface area contributed by atoms with E-state index in [4.69, 9.17) is 4.74 Å². The molecule has 27 heavy (non-hydrogen) atoms. The highest BCUT2D eigenvalue weighted by Gasteiger charge is 2.28. The molecular weight excluding hydrogens is 368 g/mol. The minimum atomic E-state index is -0.441. The zero-order valence-electron chi connectivity index (χ0n) is 14.6. The number of hydrogen-bond donors (Lipinski definition) is 1. The highest BCUT2D eigenvalue weighted by molar-refractivity contribution is 7.15. The smallest absolute Gasteiger partial charge is 0.372 e. The summed E-state index contributed by atoms with van der Waals surface area (Å²) in [7, 11) is 3.47. The molecule has 1 N–H and O–H groups in total. The van der Waals surface area contributed by atoms with Gasteiger partial charge >= 0.3 is 5.82 Å². The lowest BCUT2D eigenvalue weighted by atomic mass is 10.1. The van der Waals surface area contributed by atoms with Crippen molar-refractivity contribution in [2.75, 3.05) is 12.4 Å². The molecule has 0 bridgehead atoms. The van der Waals surface area contributed by atoms with E-state index in [1.54, 1.807) is 24.9 Å². The summed E-state index contributed by atoms with van der Waals surface area (Å²) < 4.78 is 8.65. The van der Waals surface area contributed by atoms with Crippen molar-refractivity contribution >= 4 is 27.9 Å². The van der Waals surface area contributed by atoms with E-state index >= 15 is 0 Å². The lowest BCUT2D eigenvalue weighted by Crippen LogP contribution is -2.17. The van der Waals surface area contributed by atoms with Crippen LogP contribution in [0.4, 0.5) is 11.6 Å². The number of nitrogens with one attached hydrogen (secondary N) is 1. The lowest BCUT2D eigenvalue weighted by molar-refractivity contribution is -0.389. The van der Waals surface area contributed by atoms with Gasteiger partial charge in [0.25, 0.3) is 4.96 Å². The number of aromatic nitrogens is 4. The monoisotopic (exact) mass is 384 g/mol. The molecule has 0 amide bonds. The molecule has 9 nitrogen and oxygen atoms in total. The number of hydrogen-bond acceptors (Lipinski definition) is 7. The van der Waals surface area contributed by atoms with Crippen LogP contribution in [-0.4, -0.2) is 31.0 Å². The van der Waals surface area contributed by atoms with Crippen LogP contribution in [0.25, 0.3) is 4.96 Å². The molecular formula is C17H16N6O3S. The van der Waals surface area contributed by atoms with E-state index in [2.05, 4.69) is 15.3 Å². The summed E-state index contributed by atoms with van der Waals surface area (Å²) in [6, 6.07) is 7.05. The number of methoxy groups -OCH3 is 1. The topological polar surface area (TPSA) is 99.5 Å². The first-order chi connectivity index (χ1) is 13.1. The zero-order valence-corrected chi connectivity index (χ0v) is 15.4. The number of imidazole rings is 2. The van der Waals surface area contributed by atoms with Crippen molar-refractivity contribution in [2.24, 2.45) is 7.05 Å². The van der Waals surface area contributed by atoms with Crippen molar-refractivity contribution in [3.63, 3.8) is 0 Å². The molecule has 0 fully saturated rings. The van der Waals surface area contributed by atoms with E-state index in [1.165, 1.54) is 15.7 Å². The fourth-order valence-electron chi connectivity index (χ4n) is 2.96. The summed E-state index contributed by atoms with van der Waals surface area (Å²) in [4.78, 5) is 20.6. The maximum absolute atomic E-state index is 11.6. The van der Waals surface area contributed by atoms with Crippen molar-refractivity contribution in [3.05, 3.63) is 69.7 Å². The summed E-state index contributed by atoms with van der Waals surface area (Å²) in [6.45, 7) is 0. The van der Waals surface area contributed by atoms with E-state index in [-0.39, 0.29) is 11.6 Å². The van der Waals surface area contributed by atoms with E-state index in [0.717, 1.165) is 5.56 Å². The van der Waals surface area contributed by atoms with Gasteiger partial charge < -0.3 is 24.7 Å². The van der Waals surface area contributed by atoms with E-state index in [0.29, 0.717) is 16.5 Å². The Kier molecular flexibility index (Phi) is 4.24. The number of ether oxygens (including phenoxy) is 1. The molecule has 4 rings (SSSR count). The van der Waals surface area contributed by atoms with Gasteiger partial charge in [-0.3, -0.25) is 0 Å². The Bertz CT molecular complexity index is 1110. The van der Waals surface area contributed by atoms with Crippen LogP contribution in [0.15, 0.2) is 48.2 Å². The van der Waals surface area contributed by atoms with Crippen LogP contribution in [-0.2, 0) is 7.05 Å². The van der Waals surface area contributed by atoms with Crippen LogP contribution in [0.1, 0.15) is 17.4 Å². The second kappa shape index (κ2) is 6.72. The minimum absolute atomic E-state index is 0.103. The molecule has 0 saturated carbocycles. The standard InChI is InChI=1S/C17H16N6O3S/c1-21-7-6-18-15(21)13(11-4-3-5-12(10-11)26-2)19-14-16(23(24)25)22-8-9-27-17(22)20-14/h3-10,13,19H,1-2H3/t13-/m0/s1. The average molecular weight is 384 g/mol. The number of benzene rings is 1. The van der Waals surface area contributed by atoms with Crippen LogP contribution in [0.2, 0.25) is 0 Å². The third-order valence-corrected chi connectivity index (χ3v) is 4.99. The van der Waals surface area contributed by atoms with Crippen LogP contribution >= 0.6 is 11.3 Å². The van der Waals surface area contributed by atoms with Gasteiger partial charge in [0.05, 0.1) is 7.11 Å². The predicted molar refractivity (Wildman–Crippen MR) is 101 cm³/mol. The lowest BCUT2D eigenvalue weighted by Gasteiger charge is -2.19. The normalized spacial score (nSPS) is 12.2. The molecule has 0 spiro atoms. The van der Waals surface area contributed by atoms with Crippen molar-refractivity contribution in [3.8, 4) is 5.75 Å². The minimum Gasteiger partial charge on any atom is -0.497 e. The maximum Gasteiger partial charge on any atom is 0.372 e. The van der Waals surface area contributed by atoms with Gasteiger partial charge in [-0.15, -0.1) is 0 Å². The number of thiazole rings is 1. The van der Waals surface area contributed by atoms with Crippen molar-refractivity contribution in [1.29, 1.82) is 0 Å². The van der Waals surface area contributed by atoms with E-state index < -0.39 is 11.0 Å². The number of nitrogens with zero attached hydrogens (tertiary/aromatic N) is 5. The molecule has 0 saturated heterocycles. The van der Waals surface area contributed by atoms with Crippen molar-refractivity contribution < 1.29 is 9.66 Å². The number of anilines is 1. The number of rotatable bonds is 6. The second-order valence-electron chi connectivity index (χ2n) is 5.85. The van der Waals surface area contributed by atoms with E-state index in [1.807, 2.05) is 42.1 Å². The summed E-state index contributed by atoms with van der Waals surface area (Å²) >= 11 is 1.34. The highest BCUT2D eigenvalue weighted by Crippen LogP contribution is 2.33. The Labute approximate surface area is 158 Å². The number of fused-ring (bicyclic) bond motifs is 1. The molecule has 3 aromatic heterocycles. The quantitative estimate of drug-likeness (QED) is 0.405. The average Bonchev–Trinajstić information content (AvgIpc) is 3.35. The Balaban J connectivity index is 1.83. The first-order valence-corrected chi connectivity index (χ1v) is 8.94. The summed E-state index contributed by atoms with van der Waals surface area (Å²) in [5, 5.41) is 16.6. The second-order valence-corrected chi connectivity index (χ2v) is 6.72. The molecule has 0 aliphatic rings. The largest absolute Gasteiger partial charge is 0.497 e. The number of nitro groups is 1. The molecule has 1 aromatic carbocycles. The molecule has 138 valence electrons. The molecule has 0 aliphatic heterocycles. The van der Waals surface area contributed by atoms with Gasteiger partial charge in [-0.25, -0.2) is 4.98 Å². The fraction of sp³-hybridized carbons (Fsp3) is 0.176. The van der Waals surface area contributed by atoms with Crippen molar-refractivity contribution in [2.45, 2.75) is 6.04 Å². The van der Waals surface area contributed by atoms with Crippen LogP contribution in [0.3, 0.4) is 0 Å². The predicted octanol–water partition coefficient (Wildman–Crippen LogP) is 3.25. The van der Waals surface area contributed by atoms with Gasteiger partial charge in [0.1, 0.15) is 23.8 Å². The van der Waals surface area contributed by atoms with Crippen molar-refractivity contribution in [1.82, 2.24) is 18.9 Å². The summed E-state index contributed by atoms with van der Waals surface area (Å²) in [5.74, 6) is 1.48. The van der Waals surface area contributed by atoms with Gasteiger partial charge in [-0.2, -0.15) is 9.38 Å². The molecule has 0 radical (unpaired) electrons. The number of aryl methyl sites for hydroxylation is 1. The molecule has 10 heteroatoms. The maximum atomic E-state index is 11.6. The fourth-order valence-corrected chi connectivity index (χ4v) is 3.66. The van der Waals surface area contributed by atoms with Crippen LogP contribution in [0.5, 0.6) is 5.75 Å². The first kappa shape index (κ1) is 17.0. The third-order valence-electron chi connectivity index (χ3n) is 4.23. The highest BCUT2D eigenvalue weighted by atomic mass is 32.1. The van der Waals surface area contributed by atoms with Gasteiger partial charge in [-0.05, 0) is 22.6 Å². The Morgan fingerprint density at radius 2 is 2.22 bits per heavy atom. The van der Waals surface area contributed by atoms with Gasteiger partial charge in [0, 0.05) is 24.8 Å². The molecule has 0 aliphatic carbocycles. The zero-order chi connectivity index (χ0) is 19.0. The van der Waals surface area contributed by atoms with Gasteiger partial charge in [-0.1, -0.05) is 23.5 Å².